The van der Waals surface area contributed by atoms with Crippen LogP contribution in [0.1, 0.15) is 22.3 Å². The second-order valence-corrected chi connectivity index (χ2v) is 13.6. The summed E-state index contributed by atoms with van der Waals surface area (Å²) in [4.78, 5) is -0.722. The monoisotopic (exact) mass is 670 g/mol. The summed E-state index contributed by atoms with van der Waals surface area (Å²) in [5, 5.41) is 12.2. The SMILES string of the molecule is Cc1ccc(NC(=S)Nc2ccc(CCc3ccc(NC(=S)Nc4ccc(C)cc4)cc3S(=O)(=O)O)c(S(=O)(=O)O)c2)cc1. The molecule has 0 aliphatic heterocycles. The van der Waals surface area contributed by atoms with E-state index in [9.17, 15) is 25.9 Å². The first-order chi connectivity index (χ1) is 20.7. The van der Waals surface area contributed by atoms with Crippen molar-refractivity contribution in [2.75, 3.05) is 21.3 Å². The van der Waals surface area contributed by atoms with Gasteiger partial charge in [0, 0.05) is 22.7 Å². The molecule has 0 bridgehead atoms. The van der Waals surface area contributed by atoms with Crippen molar-refractivity contribution in [2.24, 2.45) is 0 Å². The predicted molar refractivity (Wildman–Crippen MR) is 182 cm³/mol. The molecule has 0 radical (unpaired) electrons. The quantitative estimate of drug-likeness (QED) is 0.0887. The minimum absolute atomic E-state index is 0.0319. The average molecular weight is 671 g/mol. The van der Waals surface area contributed by atoms with Crippen LogP contribution in [-0.2, 0) is 33.1 Å². The van der Waals surface area contributed by atoms with Gasteiger partial charge in [-0.1, -0.05) is 47.5 Å². The number of benzene rings is 4. The van der Waals surface area contributed by atoms with Gasteiger partial charge in [0.2, 0.25) is 0 Å². The van der Waals surface area contributed by atoms with Crippen LogP contribution >= 0.6 is 24.4 Å². The number of rotatable bonds is 9. The molecule has 10 nitrogen and oxygen atoms in total. The van der Waals surface area contributed by atoms with Gasteiger partial charge >= 0.3 is 0 Å². The number of thiocarbonyl (C=S) groups is 2. The summed E-state index contributed by atoms with van der Waals surface area (Å²) in [6.07, 6.45) is 0.0638. The summed E-state index contributed by atoms with van der Waals surface area (Å²) >= 11 is 10.7. The van der Waals surface area contributed by atoms with Crippen molar-refractivity contribution in [3.05, 3.63) is 107 Å². The molecule has 4 aromatic rings. The van der Waals surface area contributed by atoms with Gasteiger partial charge in [-0.2, -0.15) is 16.8 Å². The Bertz CT molecular complexity index is 1770. The van der Waals surface area contributed by atoms with Crippen LogP contribution in [0.4, 0.5) is 22.7 Å². The Kier molecular flexibility index (Phi) is 10.3. The van der Waals surface area contributed by atoms with Crippen LogP contribution in [0.5, 0.6) is 0 Å². The highest BCUT2D eigenvalue weighted by atomic mass is 32.2. The molecule has 230 valence electrons. The van der Waals surface area contributed by atoms with E-state index >= 15 is 0 Å². The molecule has 4 rings (SSSR count). The van der Waals surface area contributed by atoms with Gasteiger partial charge in [0.1, 0.15) is 0 Å². The van der Waals surface area contributed by atoms with Crippen LogP contribution in [0.3, 0.4) is 0 Å². The van der Waals surface area contributed by atoms with E-state index in [4.69, 9.17) is 24.4 Å². The number of nitrogens with one attached hydrogen (secondary N) is 4. The van der Waals surface area contributed by atoms with Crippen molar-refractivity contribution < 1.29 is 25.9 Å². The summed E-state index contributed by atoms with van der Waals surface area (Å²) in [7, 11) is -9.30. The van der Waals surface area contributed by atoms with Crippen LogP contribution in [0.25, 0.3) is 0 Å². The summed E-state index contributed by atoms with van der Waals surface area (Å²) < 4.78 is 68.9. The Morgan fingerprint density at radius 3 is 1.16 bits per heavy atom. The van der Waals surface area contributed by atoms with Gasteiger partial charge in [0.05, 0.1) is 9.79 Å². The fourth-order valence-electron chi connectivity index (χ4n) is 4.29. The van der Waals surface area contributed by atoms with Crippen LogP contribution in [0, 0.1) is 13.8 Å². The van der Waals surface area contributed by atoms with Gasteiger partial charge in [-0.15, -0.1) is 0 Å². The second-order valence-electron chi connectivity index (χ2n) is 9.99. The lowest BCUT2D eigenvalue weighted by Crippen LogP contribution is -2.19. The van der Waals surface area contributed by atoms with Crippen molar-refractivity contribution in [2.45, 2.75) is 36.5 Å². The molecule has 6 N–H and O–H groups in total. The van der Waals surface area contributed by atoms with Gasteiger partial charge in [-0.05, 0) is 111 Å². The largest absolute Gasteiger partial charge is 0.332 e. The summed E-state index contributed by atoms with van der Waals surface area (Å²) in [6.45, 7) is 3.91. The van der Waals surface area contributed by atoms with Gasteiger partial charge in [-0.3, -0.25) is 9.11 Å². The fraction of sp³-hybridized carbons (Fsp3) is 0.133. The maximum atomic E-state index is 12.3. The van der Waals surface area contributed by atoms with Crippen molar-refractivity contribution in [3.63, 3.8) is 0 Å². The molecule has 0 atom stereocenters. The molecule has 0 spiro atoms. The van der Waals surface area contributed by atoms with E-state index in [-0.39, 0.29) is 44.0 Å². The Morgan fingerprint density at radius 1 is 0.545 bits per heavy atom. The van der Waals surface area contributed by atoms with Gasteiger partial charge < -0.3 is 21.3 Å². The lowest BCUT2D eigenvalue weighted by atomic mass is 10.0. The zero-order valence-electron chi connectivity index (χ0n) is 23.7. The number of hydrogen-bond donors (Lipinski definition) is 6. The molecule has 14 heteroatoms. The Labute approximate surface area is 267 Å². The maximum absolute atomic E-state index is 12.3. The van der Waals surface area contributed by atoms with Gasteiger partial charge in [0.25, 0.3) is 20.2 Å². The molecule has 0 saturated carbocycles. The molecule has 0 aliphatic carbocycles. The molecule has 0 fully saturated rings. The maximum Gasteiger partial charge on any atom is 0.294 e. The zero-order chi connectivity index (χ0) is 32.1. The molecule has 0 heterocycles. The molecular formula is C30H30N4O6S4. The first-order valence-electron chi connectivity index (χ1n) is 13.2. The van der Waals surface area contributed by atoms with E-state index < -0.39 is 20.2 Å². The number of aryl methyl sites for hydroxylation is 4. The van der Waals surface area contributed by atoms with E-state index in [1.165, 1.54) is 24.3 Å². The third-order valence-electron chi connectivity index (χ3n) is 6.49. The first-order valence-corrected chi connectivity index (χ1v) is 16.9. The number of anilines is 4. The standard InChI is InChI=1S/C30H30N4O6S4/c1-19-3-11-23(12-4-19)31-29(41)33-25-15-9-21(27(17-25)43(35,36)37)7-8-22-10-16-26(18-28(22)44(38,39)40)34-30(42)32-24-13-5-20(2)6-14-24/h3-6,9-18H,7-8H2,1-2H3,(H2,31,33,41)(H2,32,34,42)(H,35,36,37)(H,38,39,40). The van der Waals surface area contributed by atoms with E-state index in [0.29, 0.717) is 11.4 Å². The Hall–Kier alpha value is -3.92. The normalized spacial score (nSPS) is 11.5. The molecule has 0 amide bonds. The topological polar surface area (TPSA) is 157 Å². The lowest BCUT2D eigenvalue weighted by molar-refractivity contribution is 0.479. The first kappa shape index (κ1) is 33.0. The highest BCUT2D eigenvalue weighted by Gasteiger charge is 2.20. The third-order valence-corrected chi connectivity index (χ3v) is 8.77. The van der Waals surface area contributed by atoms with Crippen LogP contribution < -0.4 is 21.3 Å². The average Bonchev–Trinajstić information content (AvgIpc) is 2.94. The molecule has 0 aliphatic rings. The van der Waals surface area contributed by atoms with E-state index in [1.807, 2.05) is 62.4 Å². The fourth-order valence-corrected chi connectivity index (χ4v) is 6.31. The molecule has 0 aromatic heterocycles. The van der Waals surface area contributed by atoms with Crippen molar-refractivity contribution in [1.29, 1.82) is 0 Å². The number of hydrogen-bond acceptors (Lipinski definition) is 6. The van der Waals surface area contributed by atoms with Crippen LogP contribution in [0.15, 0.2) is 94.7 Å². The Morgan fingerprint density at radius 2 is 0.841 bits per heavy atom. The minimum Gasteiger partial charge on any atom is -0.332 e. The van der Waals surface area contributed by atoms with E-state index in [1.54, 1.807) is 12.1 Å². The molecule has 4 aromatic carbocycles. The smallest absolute Gasteiger partial charge is 0.294 e. The lowest BCUT2D eigenvalue weighted by Gasteiger charge is -2.15. The summed E-state index contributed by atoms with van der Waals surface area (Å²) in [5.41, 5.74) is 4.74. The minimum atomic E-state index is -4.65. The van der Waals surface area contributed by atoms with Crippen LogP contribution in [0.2, 0.25) is 0 Å². The van der Waals surface area contributed by atoms with Crippen LogP contribution in [-0.4, -0.2) is 36.2 Å². The van der Waals surface area contributed by atoms with Crippen molar-refractivity contribution >= 4 is 77.6 Å². The van der Waals surface area contributed by atoms with Gasteiger partial charge in [-0.25, -0.2) is 0 Å². The Balaban J connectivity index is 1.49. The summed E-state index contributed by atoms with van der Waals surface area (Å²) in [6, 6.07) is 23.7. The van der Waals surface area contributed by atoms with Crippen molar-refractivity contribution in [3.8, 4) is 0 Å². The van der Waals surface area contributed by atoms with Crippen molar-refractivity contribution in [1.82, 2.24) is 0 Å². The second kappa shape index (κ2) is 13.8. The summed E-state index contributed by atoms with van der Waals surface area (Å²) in [5.74, 6) is 0. The van der Waals surface area contributed by atoms with E-state index in [0.717, 1.165) is 22.5 Å². The highest BCUT2D eigenvalue weighted by Crippen LogP contribution is 2.26. The zero-order valence-corrected chi connectivity index (χ0v) is 26.9. The highest BCUT2D eigenvalue weighted by molar-refractivity contribution is 7.86. The molecule has 0 saturated heterocycles. The molecule has 0 unspecified atom stereocenters. The predicted octanol–water partition coefficient (Wildman–Crippen LogP) is 6.20. The van der Waals surface area contributed by atoms with E-state index in [2.05, 4.69) is 21.3 Å². The third kappa shape index (κ3) is 9.29. The molecular weight excluding hydrogens is 641 g/mol. The van der Waals surface area contributed by atoms with Gasteiger partial charge in [0.15, 0.2) is 10.2 Å². The molecule has 44 heavy (non-hydrogen) atoms.